The predicted octanol–water partition coefficient (Wildman–Crippen LogP) is 14.0. The number of allylic oxidation sites excluding steroid dienone is 4. The first-order valence-electron chi connectivity index (χ1n) is 19.7. The van der Waals surface area contributed by atoms with Gasteiger partial charge >= 0.3 is 0 Å². The van der Waals surface area contributed by atoms with Gasteiger partial charge in [-0.25, -0.2) is 0 Å². The Morgan fingerprint density at radius 3 is 1.58 bits per heavy atom. The molecule has 57 heavy (non-hydrogen) atoms. The van der Waals surface area contributed by atoms with Gasteiger partial charge in [0.05, 0.1) is 5.70 Å². The fourth-order valence-electron chi connectivity index (χ4n) is 7.04. The SMILES string of the molecule is C=C/C=C\c1cc(-c2cc(-c3ccc(/C(N=C(C)c4ccccc4)=c4\ccc5ccccc5c4=C)cc3)cc(-c3ccc(C)c(/C=C\C=C)c3)c2)ccc1C.CC. The van der Waals surface area contributed by atoms with Crippen molar-refractivity contribution in [3.63, 3.8) is 0 Å². The van der Waals surface area contributed by atoms with Gasteiger partial charge in [-0.1, -0.05) is 185 Å². The standard InChI is InChI=1S/C54H45N.C2H6/c1-7-9-16-45-32-47(24-22-37(45)3)50-34-49(35-51(36-50)48-25-23-38(4)46(33-48)17-10-8-2)42-26-28-44(29-27-42)54(55-40(6)41-18-12-11-13-19-41)53-31-30-43-20-14-15-21-52(43)39(53)5;1-2/h7-36H,1-2,5H2,3-4,6H3;1-2H3/b16-9-,17-10-,54-53-,55-40?;. The van der Waals surface area contributed by atoms with Crippen LogP contribution in [0.2, 0.25) is 0 Å². The molecule has 0 saturated carbocycles. The molecule has 280 valence electrons. The van der Waals surface area contributed by atoms with Crippen molar-refractivity contribution in [2.75, 3.05) is 0 Å². The van der Waals surface area contributed by atoms with Gasteiger partial charge in [0.1, 0.15) is 0 Å². The first kappa shape index (κ1) is 39.9. The van der Waals surface area contributed by atoms with E-state index in [4.69, 9.17) is 4.99 Å². The molecule has 0 bridgehead atoms. The van der Waals surface area contributed by atoms with E-state index in [1.54, 1.807) is 0 Å². The summed E-state index contributed by atoms with van der Waals surface area (Å²) in [6, 6.07) is 52.2. The van der Waals surface area contributed by atoms with Crippen LogP contribution in [0, 0.1) is 13.8 Å². The zero-order valence-corrected chi connectivity index (χ0v) is 33.9. The van der Waals surface area contributed by atoms with E-state index in [1.807, 2.05) is 44.2 Å². The van der Waals surface area contributed by atoms with Gasteiger partial charge in [-0.15, -0.1) is 0 Å². The predicted molar refractivity (Wildman–Crippen MR) is 252 cm³/mol. The van der Waals surface area contributed by atoms with Crippen LogP contribution in [-0.4, -0.2) is 5.71 Å². The van der Waals surface area contributed by atoms with Gasteiger partial charge in [0.2, 0.25) is 0 Å². The molecule has 7 aromatic carbocycles. The average Bonchev–Trinajstić information content (AvgIpc) is 3.26. The number of nitrogens with zero attached hydrogens (tertiary/aromatic N) is 1. The van der Waals surface area contributed by atoms with E-state index in [0.717, 1.165) is 71.7 Å². The first-order chi connectivity index (χ1) is 27.8. The lowest BCUT2D eigenvalue weighted by molar-refractivity contribution is 1.41. The molecular formula is C56H51N. The lowest BCUT2D eigenvalue weighted by Crippen LogP contribution is -2.26. The van der Waals surface area contributed by atoms with Crippen LogP contribution in [0.25, 0.3) is 68.6 Å². The third-order valence-corrected chi connectivity index (χ3v) is 10.2. The maximum atomic E-state index is 5.31. The van der Waals surface area contributed by atoms with Crippen LogP contribution in [0.4, 0.5) is 0 Å². The minimum Gasteiger partial charge on any atom is -0.252 e. The van der Waals surface area contributed by atoms with E-state index in [-0.39, 0.29) is 0 Å². The summed E-state index contributed by atoms with van der Waals surface area (Å²) < 4.78 is 0. The van der Waals surface area contributed by atoms with E-state index in [0.29, 0.717) is 0 Å². The number of aliphatic imine (C=N–C) groups is 1. The molecule has 1 nitrogen and oxygen atoms in total. The van der Waals surface area contributed by atoms with Crippen molar-refractivity contribution in [2.24, 2.45) is 4.99 Å². The number of benzene rings is 7. The van der Waals surface area contributed by atoms with Gasteiger partial charge in [0.15, 0.2) is 0 Å². The normalized spacial score (nSPS) is 12.1. The molecule has 0 amide bonds. The molecule has 0 spiro atoms. The van der Waals surface area contributed by atoms with Gasteiger partial charge in [0.25, 0.3) is 0 Å². The van der Waals surface area contributed by atoms with E-state index < -0.39 is 0 Å². The molecule has 0 aliphatic heterocycles. The Bertz CT molecular complexity index is 2670. The summed E-state index contributed by atoms with van der Waals surface area (Å²) in [7, 11) is 0. The van der Waals surface area contributed by atoms with E-state index in [1.165, 1.54) is 27.6 Å². The highest BCUT2D eigenvalue weighted by molar-refractivity contribution is 6.02. The molecule has 0 fully saturated rings. The lowest BCUT2D eigenvalue weighted by atomic mass is 9.90. The molecule has 0 heterocycles. The van der Waals surface area contributed by atoms with Crippen LogP contribution in [0.1, 0.15) is 54.2 Å². The lowest BCUT2D eigenvalue weighted by Gasteiger charge is -2.14. The number of aryl methyl sites for hydroxylation is 2. The maximum absolute atomic E-state index is 5.31. The monoisotopic (exact) mass is 737 g/mol. The summed E-state index contributed by atoms with van der Waals surface area (Å²) in [6.45, 7) is 22.7. The van der Waals surface area contributed by atoms with E-state index in [9.17, 15) is 0 Å². The van der Waals surface area contributed by atoms with Crippen LogP contribution in [0.5, 0.6) is 0 Å². The molecule has 0 aliphatic rings. The van der Waals surface area contributed by atoms with E-state index in [2.05, 4.69) is 192 Å². The van der Waals surface area contributed by atoms with Crippen LogP contribution in [0.3, 0.4) is 0 Å². The smallest absolute Gasteiger partial charge is 0.0783 e. The minimum absolute atomic E-state index is 0.901. The Balaban J connectivity index is 0.00000270. The maximum Gasteiger partial charge on any atom is 0.0783 e. The first-order valence-corrected chi connectivity index (χ1v) is 19.7. The van der Waals surface area contributed by atoms with E-state index >= 15 is 0 Å². The third-order valence-electron chi connectivity index (χ3n) is 10.2. The molecule has 0 N–H and O–H groups in total. The molecule has 0 atom stereocenters. The van der Waals surface area contributed by atoms with Crippen molar-refractivity contribution in [3.8, 4) is 33.4 Å². The molecule has 7 rings (SSSR count). The summed E-state index contributed by atoms with van der Waals surface area (Å²) in [5, 5.41) is 4.29. The Hall–Kier alpha value is -6.83. The Morgan fingerprint density at radius 1 is 0.509 bits per heavy atom. The topological polar surface area (TPSA) is 12.4 Å². The van der Waals surface area contributed by atoms with Crippen molar-refractivity contribution < 1.29 is 0 Å². The van der Waals surface area contributed by atoms with Gasteiger partial charge in [-0.3, -0.25) is 4.99 Å². The number of hydrogen-bond donors (Lipinski definition) is 0. The second-order valence-electron chi connectivity index (χ2n) is 13.9. The zero-order valence-electron chi connectivity index (χ0n) is 33.9. The van der Waals surface area contributed by atoms with Crippen LogP contribution in [-0.2, 0) is 0 Å². The highest BCUT2D eigenvalue weighted by Gasteiger charge is 2.12. The van der Waals surface area contributed by atoms with Gasteiger partial charge in [-0.2, -0.15) is 0 Å². The number of rotatable bonds is 10. The number of hydrogen-bond acceptors (Lipinski definition) is 1. The minimum atomic E-state index is 0.901. The Morgan fingerprint density at radius 2 is 1.02 bits per heavy atom. The highest BCUT2D eigenvalue weighted by Crippen LogP contribution is 2.35. The van der Waals surface area contributed by atoms with Crippen LogP contribution < -0.4 is 10.4 Å². The molecule has 7 aromatic rings. The molecule has 0 radical (unpaired) electrons. The molecule has 0 aromatic heterocycles. The summed E-state index contributed by atoms with van der Waals surface area (Å²) in [4.78, 5) is 5.31. The van der Waals surface area contributed by atoms with Crippen molar-refractivity contribution in [1.29, 1.82) is 0 Å². The summed E-state index contributed by atoms with van der Waals surface area (Å²) in [6.07, 6.45) is 11.9. The Kier molecular flexibility index (Phi) is 13.1. The molecule has 0 unspecified atom stereocenters. The average molecular weight is 738 g/mol. The second-order valence-corrected chi connectivity index (χ2v) is 13.9. The quantitative estimate of drug-likeness (QED) is 0.0979. The van der Waals surface area contributed by atoms with Crippen LogP contribution >= 0.6 is 0 Å². The third kappa shape index (κ3) is 9.18. The summed E-state index contributed by atoms with van der Waals surface area (Å²) >= 11 is 0. The van der Waals surface area contributed by atoms with Gasteiger partial charge in [-0.05, 0) is 128 Å². The van der Waals surface area contributed by atoms with Gasteiger partial charge < -0.3 is 0 Å². The molecule has 1 heteroatoms. The van der Waals surface area contributed by atoms with Crippen molar-refractivity contribution in [1.82, 2.24) is 0 Å². The van der Waals surface area contributed by atoms with Gasteiger partial charge in [0, 0.05) is 16.5 Å². The van der Waals surface area contributed by atoms with Crippen molar-refractivity contribution >= 4 is 40.9 Å². The second kappa shape index (κ2) is 18.7. The highest BCUT2D eigenvalue weighted by atomic mass is 14.8. The van der Waals surface area contributed by atoms with Crippen LogP contribution in [0.15, 0.2) is 188 Å². The Labute approximate surface area is 339 Å². The molecule has 0 aliphatic carbocycles. The summed E-state index contributed by atoms with van der Waals surface area (Å²) in [5.74, 6) is 0. The molecule has 0 saturated heterocycles. The fourth-order valence-corrected chi connectivity index (χ4v) is 7.04. The van der Waals surface area contributed by atoms with Crippen molar-refractivity contribution in [2.45, 2.75) is 34.6 Å². The largest absolute Gasteiger partial charge is 0.252 e. The number of fused-ring (bicyclic) bond motifs is 1. The summed E-state index contributed by atoms with van der Waals surface area (Å²) in [5.41, 5.74) is 15.7. The van der Waals surface area contributed by atoms with Crippen molar-refractivity contribution in [3.05, 3.63) is 227 Å². The fraction of sp³-hybridized carbons (Fsp3) is 0.0893. The molecular weight excluding hydrogens is 687 g/mol. The zero-order chi connectivity index (χ0) is 40.3.